The Bertz CT molecular complexity index is 510. The van der Waals surface area contributed by atoms with E-state index in [2.05, 4.69) is 15.8 Å². The van der Waals surface area contributed by atoms with Gasteiger partial charge in [-0.05, 0) is 44.1 Å². The zero-order valence-electron chi connectivity index (χ0n) is 12.7. The lowest BCUT2D eigenvalue weighted by atomic mass is 9.96. The summed E-state index contributed by atoms with van der Waals surface area (Å²) in [7, 11) is 1.66. The SMILES string of the molecule is COc1cccc(/C(C)=N\NC(=S)NC2CCCCC2)c1. The van der Waals surface area contributed by atoms with Gasteiger partial charge in [-0.25, -0.2) is 0 Å². The van der Waals surface area contributed by atoms with Gasteiger partial charge in [0.15, 0.2) is 5.11 Å². The summed E-state index contributed by atoms with van der Waals surface area (Å²) < 4.78 is 5.22. The molecule has 1 saturated carbocycles. The standard InChI is InChI=1S/C16H23N3OS/c1-12(13-7-6-10-15(11-13)20-2)18-19-16(21)17-14-8-4-3-5-9-14/h6-7,10-11,14H,3-5,8-9H2,1-2H3,(H2,17,19,21)/b18-12-. The molecule has 4 nitrogen and oxygen atoms in total. The molecule has 1 aromatic rings. The molecule has 1 aliphatic rings. The van der Waals surface area contributed by atoms with E-state index in [-0.39, 0.29) is 0 Å². The average molecular weight is 305 g/mol. The third-order valence-corrected chi connectivity index (χ3v) is 3.96. The van der Waals surface area contributed by atoms with Gasteiger partial charge >= 0.3 is 0 Å². The predicted octanol–water partition coefficient (Wildman–Crippen LogP) is 3.22. The van der Waals surface area contributed by atoms with Gasteiger partial charge < -0.3 is 10.1 Å². The number of hydrazone groups is 1. The number of nitrogens with zero attached hydrogens (tertiary/aromatic N) is 1. The van der Waals surface area contributed by atoms with E-state index in [0.29, 0.717) is 11.2 Å². The van der Waals surface area contributed by atoms with Crippen LogP contribution in [0.15, 0.2) is 29.4 Å². The minimum atomic E-state index is 0.492. The maximum atomic E-state index is 5.30. The molecule has 0 spiro atoms. The summed E-state index contributed by atoms with van der Waals surface area (Å²) in [6.45, 7) is 1.95. The van der Waals surface area contributed by atoms with E-state index >= 15 is 0 Å². The summed E-state index contributed by atoms with van der Waals surface area (Å²) in [4.78, 5) is 0. The monoisotopic (exact) mass is 305 g/mol. The maximum Gasteiger partial charge on any atom is 0.187 e. The van der Waals surface area contributed by atoms with E-state index in [1.807, 2.05) is 31.2 Å². The molecular formula is C16H23N3OS. The molecule has 21 heavy (non-hydrogen) atoms. The molecule has 114 valence electrons. The van der Waals surface area contributed by atoms with Crippen LogP contribution >= 0.6 is 12.2 Å². The number of hydrogen-bond acceptors (Lipinski definition) is 3. The van der Waals surface area contributed by atoms with E-state index in [1.54, 1.807) is 7.11 Å². The predicted molar refractivity (Wildman–Crippen MR) is 90.9 cm³/mol. The summed E-state index contributed by atoms with van der Waals surface area (Å²) in [6.07, 6.45) is 6.30. The lowest BCUT2D eigenvalue weighted by Gasteiger charge is -2.23. The highest BCUT2D eigenvalue weighted by molar-refractivity contribution is 7.80. The van der Waals surface area contributed by atoms with Gasteiger partial charge in [0, 0.05) is 11.6 Å². The molecule has 1 aliphatic carbocycles. The second kappa shape index (κ2) is 7.98. The second-order valence-electron chi connectivity index (χ2n) is 5.35. The lowest BCUT2D eigenvalue weighted by Crippen LogP contribution is -2.41. The van der Waals surface area contributed by atoms with Crippen LogP contribution in [0.5, 0.6) is 5.75 Å². The molecule has 0 atom stereocenters. The molecule has 0 aromatic heterocycles. The first kappa shape index (κ1) is 15.8. The molecule has 5 heteroatoms. The highest BCUT2D eigenvalue weighted by atomic mass is 32.1. The molecule has 0 unspecified atom stereocenters. The molecule has 0 aliphatic heterocycles. The Hall–Kier alpha value is -1.62. The maximum absolute atomic E-state index is 5.30. The fourth-order valence-electron chi connectivity index (χ4n) is 2.51. The molecule has 0 radical (unpaired) electrons. The minimum Gasteiger partial charge on any atom is -0.497 e. The fourth-order valence-corrected chi connectivity index (χ4v) is 2.72. The van der Waals surface area contributed by atoms with E-state index in [0.717, 1.165) is 17.0 Å². The zero-order chi connectivity index (χ0) is 15.1. The van der Waals surface area contributed by atoms with Gasteiger partial charge in [0.1, 0.15) is 5.75 Å². The number of benzene rings is 1. The molecule has 1 aromatic carbocycles. The molecule has 0 amide bonds. The number of ether oxygens (including phenoxy) is 1. The van der Waals surface area contributed by atoms with Gasteiger partial charge in [0.25, 0.3) is 0 Å². The van der Waals surface area contributed by atoms with Crippen molar-refractivity contribution in [3.63, 3.8) is 0 Å². The first-order valence-electron chi connectivity index (χ1n) is 7.44. The normalized spacial score (nSPS) is 16.4. The van der Waals surface area contributed by atoms with Crippen LogP contribution in [0, 0.1) is 0 Å². The van der Waals surface area contributed by atoms with Crippen molar-refractivity contribution >= 4 is 23.0 Å². The van der Waals surface area contributed by atoms with Crippen LogP contribution in [0.25, 0.3) is 0 Å². The van der Waals surface area contributed by atoms with Crippen molar-refractivity contribution in [1.29, 1.82) is 0 Å². The minimum absolute atomic E-state index is 0.492. The Morgan fingerprint density at radius 3 is 2.76 bits per heavy atom. The summed E-state index contributed by atoms with van der Waals surface area (Å²) >= 11 is 5.30. The van der Waals surface area contributed by atoms with Gasteiger partial charge in [-0.15, -0.1) is 0 Å². The highest BCUT2D eigenvalue weighted by Gasteiger charge is 2.13. The quantitative estimate of drug-likeness (QED) is 0.509. The third-order valence-electron chi connectivity index (χ3n) is 3.75. The largest absolute Gasteiger partial charge is 0.497 e. The van der Waals surface area contributed by atoms with E-state index in [1.165, 1.54) is 32.1 Å². The lowest BCUT2D eigenvalue weighted by molar-refractivity contribution is 0.412. The summed E-state index contributed by atoms with van der Waals surface area (Å²) in [5, 5.41) is 8.28. The van der Waals surface area contributed by atoms with Crippen LogP contribution in [-0.2, 0) is 0 Å². The second-order valence-corrected chi connectivity index (χ2v) is 5.76. The number of hydrogen-bond donors (Lipinski definition) is 2. The first-order valence-corrected chi connectivity index (χ1v) is 7.85. The smallest absolute Gasteiger partial charge is 0.187 e. The van der Waals surface area contributed by atoms with Crippen LogP contribution < -0.4 is 15.5 Å². The summed E-state index contributed by atoms with van der Waals surface area (Å²) in [5.74, 6) is 0.824. The molecule has 0 heterocycles. The van der Waals surface area contributed by atoms with Crippen LogP contribution in [0.1, 0.15) is 44.6 Å². The van der Waals surface area contributed by atoms with Gasteiger partial charge in [0.05, 0.1) is 12.8 Å². The molecular weight excluding hydrogens is 282 g/mol. The van der Waals surface area contributed by atoms with E-state index < -0.39 is 0 Å². The van der Waals surface area contributed by atoms with Crippen LogP contribution in [-0.4, -0.2) is 24.0 Å². The highest BCUT2D eigenvalue weighted by Crippen LogP contribution is 2.17. The Balaban J connectivity index is 1.88. The summed E-state index contributed by atoms with van der Waals surface area (Å²) in [5.41, 5.74) is 4.83. The van der Waals surface area contributed by atoms with Crippen LogP contribution in [0.3, 0.4) is 0 Å². The van der Waals surface area contributed by atoms with Crippen molar-refractivity contribution in [3.8, 4) is 5.75 Å². The van der Waals surface area contributed by atoms with Gasteiger partial charge in [0.2, 0.25) is 0 Å². The average Bonchev–Trinajstić information content (AvgIpc) is 2.53. The van der Waals surface area contributed by atoms with Crippen LogP contribution in [0.4, 0.5) is 0 Å². The van der Waals surface area contributed by atoms with E-state index in [9.17, 15) is 0 Å². The molecule has 1 fully saturated rings. The number of methoxy groups -OCH3 is 1. The third kappa shape index (κ3) is 5.01. The van der Waals surface area contributed by atoms with Crippen molar-refractivity contribution in [3.05, 3.63) is 29.8 Å². The molecule has 0 saturated heterocycles. The van der Waals surface area contributed by atoms with Crippen molar-refractivity contribution in [2.45, 2.75) is 45.1 Å². The van der Waals surface area contributed by atoms with Crippen LogP contribution in [0.2, 0.25) is 0 Å². The van der Waals surface area contributed by atoms with Crippen molar-refractivity contribution in [1.82, 2.24) is 10.7 Å². The summed E-state index contributed by atoms with van der Waals surface area (Å²) in [6, 6.07) is 8.32. The van der Waals surface area contributed by atoms with Gasteiger partial charge in [-0.3, -0.25) is 5.43 Å². The fraction of sp³-hybridized carbons (Fsp3) is 0.500. The Morgan fingerprint density at radius 1 is 1.29 bits per heavy atom. The Labute approximate surface area is 132 Å². The Morgan fingerprint density at radius 2 is 2.05 bits per heavy atom. The molecule has 2 N–H and O–H groups in total. The topological polar surface area (TPSA) is 45.6 Å². The molecule has 2 rings (SSSR count). The zero-order valence-corrected chi connectivity index (χ0v) is 13.5. The Kier molecular flexibility index (Phi) is 5.99. The van der Waals surface area contributed by atoms with Gasteiger partial charge in [-0.1, -0.05) is 31.4 Å². The number of thiocarbonyl (C=S) groups is 1. The van der Waals surface area contributed by atoms with Crippen molar-refractivity contribution in [2.75, 3.05) is 7.11 Å². The number of nitrogens with one attached hydrogen (secondary N) is 2. The molecule has 0 bridgehead atoms. The van der Waals surface area contributed by atoms with Crippen molar-refractivity contribution in [2.24, 2.45) is 5.10 Å². The van der Waals surface area contributed by atoms with Crippen molar-refractivity contribution < 1.29 is 4.74 Å². The van der Waals surface area contributed by atoms with E-state index in [4.69, 9.17) is 17.0 Å². The van der Waals surface area contributed by atoms with Gasteiger partial charge in [-0.2, -0.15) is 5.10 Å². The number of rotatable bonds is 4. The first-order chi connectivity index (χ1) is 10.2.